The second kappa shape index (κ2) is 12.6. The molecule has 1 saturated heterocycles. The van der Waals surface area contributed by atoms with Crippen LogP contribution in [0.1, 0.15) is 73.5 Å². The van der Waals surface area contributed by atoms with E-state index in [9.17, 15) is 27.9 Å². The van der Waals surface area contributed by atoms with Gasteiger partial charge >= 0.3 is 5.97 Å². The second-order valence-corrected chi connectivity index (χ2v) is 13.9. The summed E-state index contributed by atoms with van der Waals surface area (Å²) in [7, 11) is -3.33. The van der Waals surface area contributed by atoms with E-state index in [4.69, 9.17) is 4.74 Å². The van der Waals surface area contributed by atoms with Gasteiger partial charge in [0.05, 0.1) is 22.3 Å². The summed E-state index contributed by atoms with van der Waals surface area (Å²) in [5.74, 6) is -2.17. The first kappa shape index (κ1) is 29.2. The number of nitrogens with zero attached hydrogens (tertiary/aromatic N) is 1. The summed E-state index contributed by atoms with van der Waals surface area (Å²) >= 11 is 0.969. The van der Waals surface area contributed by atoms with E-state index in [2.05, 4.69) is 15.6 Å². The van der Waals surface area contributed by atoms with E-state index in [1.807, 2.05) is 13.8 Å². The molecular weight excluding hydrogens is 542 g/mol. The Morgan fingerprint density at radius 2 is 1.77 bits per heavy atom. The molecule has 1 aliphatic heterocycles. The zero-order valence-corrected chi connectivity index (χ0v) is 23.7. The molecule has 2 aromatic rings. The number of ether oxygens (including phenoxy) is 1. The number of anilines is 1. The highest BCUT2D eigenvalue weighted by Gasteiger charge is 2.37. The van der Waals surface area contributed by atoms with Gasteiger partial charge in [-0.3, -0.25) is 9.59 Å². The lowest BCUT2D eigenvalue weighted by molar-refractivity contribution is -0.139. The minimum Gasteiger partial charge on any atom is -0.480 e. The number of hydrogen-bond donors (Lipinski definition) is 3. The zero-order chi connectivity index (χ0) is 28.2. The number of aromatic nitrogens is 1. The van der Waals surface area contributed by atoms with Gasteiger partial charge in [-0.05, 0) is 68.1 Å². The smallest absolute Gasteiger partial charge is 0.326 e. The molecule has 1 unspecified atom stereocenters. The third-order valence-corrected chi connectivity index (χ3v) is 10.3. The number of aliphatic carboxylic acids is 1. The summed E-state index contributed by atoms with van der Waals surface area (Å²) in [6.45, 7) is 5.02. The van der Waals surface area contributed by atoms with Crippen LogP contribution in [0, 0.1) is 11.8 Å². The number of thiazole rings is 1. The average Bonchev–Trinajstić information content (AvgIpc) is 3.67. The molecule has 1 aliphatic carbocycles. The lowest BCUT2D eigenvalue weighted by Gasteiger charge is -2.26. The number of amides is 2. The van der Waals surface area contributed by atoms with Crippen LogP contribution >= 0.6 is 11.3 Å². The molecule has 1 aromatic carbocycles. The molecule has 0 bridgehead atoms. The van der Waals surface area contributed by atoms with Gasteiger partial charge in [-0.2, -0.15) is 0 Å². The zero-order valence-electron chi connectivity index (χ0n) is 22.1. The predicted molar refractivity (Wildman–Crippen MR) is 147 cm³/mol. The molecule has 1 saturated carbocycles. The Morgan fingerprint density at radius 1 is 1.10 bits per heavy atom. The number of rotatable bonds is 12. The molecule has 2 aliphatic rings. The summed E-state index contributed by atoms with van der Waals surface area (Å²) in [5.41, 5.74) is 0.709. The van der Waals surface area contributed by atoms with Gasteiger partial charge in [0.1, 0.15) is 10.9 Å². The summed E-state index contributed by atoms with van der Waals surface area (Å²) < 4.78 is 30.7. The molecular formula is C27H35N3O7S2. The van der Waals surface area contributed by atoms with Crippen LogP contribution in [0.25, 0.3) is 0 Å². The fraction of sp³-hybridized carbons (Fsp3) is 0.556. The number of carbonyl (C=O) groups excluding carboxylic acids is 2. The Bertz CT molecular complexity index is 1280. The molecule has 2 fully saturated rings. The molecule has 1 aromatic heterocycles. The SMILES string of the molecule is CC(C)C[C@H](NC(=O)c1cnc(NC(=O)C(CC2CCOCC2)c2ccc(S(=O)(=O)C3CC3)cc2)s1)C(=O)O. The average molecular weight is 578 g/mol. The Kier molecular flexibility index (Phi) is 9.39. The summed E-state index contributed by atoms with van der Waals surface area (Å²) in [6.07, 6.45) is 5.20. The number of nitrogens with one attached hydrogen (secondary N) is 2. The third kappa shape index (κ3) is 7.64. The van der Waals surface area contributed by atoms with E-state index in [-0.39, 0.29) is 44.3 Å². The maximum Gasteiger partial charge on any atom is 0.326 e. The van der Waals surface area contributed by atoms with Crippen molar-refractivity contribution in [3.05, 3.63) is 40.9 Å². The van der Waals surface area contributed by atoms with Crippen LogP contribution in [0.5, 0.6) is 0 Å². The molecule has 10 nitrogen and oxygen atoms in total. The van der Waals surface area contributed by atoms with Gasteiger partial charge in [0, 0.05) is 13.2 Å². The minimum absolute atomic E-state index is 0.0817. The molecule has 2 atom stereocenters. The Hall–Kier alpha value is -2.83. The molecule has 0 radical (unpaired) electrons. The van der Waals surface area contributed by atoms with Crippen molar-refractivity contribution in [2.75, 3.05) is 18.5 Å². The maximum absolute atomic E-state index is 13.5. The third-order valence-electron chi connectivity index (χ3n) is 7.07. The molecule has 4 rings (SSSR count). The lowest BCUT2D eigenvalue weighted by atomic mass is 9.84. The van der Waals surface area contributed by atoms with Crippen LogP contribution in [-0.2, 0) is 24.2 Å². The standard InChI is InChI=1S/C27H35N3O7S2/c1-16(2)13-22(26(33)34)29-25(32)23-15-28-27(38-23)30-24(31)21(14-17-9-11-37-12-10-17)18-3-5-19(6-4-18)39(35,36)20-7-8-20/h3-6,15-17,20-22H,7-14H2,1-2H3,(H,29,32)(H,33,34)(H,28,30,31)/t21?,22-/m0/s1. The van der Waals surface area contributed by atoms with Crippen molar-refractivity contribution in [2.45, 2.75) is 74.5 Å². The van der Waals surface area contributed by atoms with Crippen LogP contribution in [0.2, 0.25) is 0 Å². The van der Waals surface area contributed by atoms with Gasteiger partial charge < -0.3 is 20.5 Å². The second-order valence-electron chi connectivity index (χ2n) is 10.7. The predicted octanol–water partition coefficient (Wildman–Crippen LogP) is 3.85. The number of hydrogen-bond acceptors (Lipinski definition) is 8. The minimum atomic E-state index is -3.33. The van der Waals surface area contributed by atoms with Crippen molar-refractivity contribution in [3.8, 4) is 0 Å². The van der Waals surface area contributed by atoms with E-state index in [0.717, 1.165) is 24.2 Å². The van der Waals surface area contributed by atoms with E-state index in [0.29, 0.717) is 38.0 Å². The van der Waals surface area contributed by atoms with Gasteiger partial charge in [-0.1, -0.05) is 37.3 Å². The van der Waals surface area contributed by atoms with Crippen molar-refractivity contribution in [1.29, 1.82) is 0 Å². The first-order valence-electron chi connectivity index (χ1n) is 13.3. The van der Waals surface area contributed by atoms with Crippen molar-refractivity contribution >= 4 is 44.1 Å². The highest BCUT2D eigenvalue weighted by atomic mass is 32.2. The van der Waals surface area contributed by atoms with Gasteiger partial charge in [0.2, 0.25) is 5.91 Å². The molecule has 0 spiro atoms. The van der Waals surface area contributed by atoms with Crippen LogP contribution in [0.4, 0.5) is 5.13 Å². The van der Waals surface area contributed by atoms with Crippen molar-refractivity contribution < 1.29 is 32.6 Å². The summed E-state index contributed by atoms with van der Waals surface area (Å²) in [5, 5.41) is 14.7. The normalized spacial score (nSPS) is 17.9. The summed E-state index contributed by atoms with van der Waals surface area (Å²) in [6, 6.07) is 5.55. The van der Waals surface area contributed by atoms with Gasteiger partial charge in [0.25, 0.3) is 5.91 Å². The maximum atomic E-state index is 13.5. The quantitative estimate of drug-likeness (QED) is 0.344. The number of benzene rings is 1. The van der Waals surface area contributed by atoms with Gasteiger partial charge in [0.15, 0.2) is 15.0 Å². The monoisotopic (exact) mass is 577 g/mol. The first-order chi connectivity index (χ1) is 18.5. The number of carboxylic acids is 1. The van der Waals surface area contributed by atoms with Crippen molar-refractivity contribution in [3.63, 3.8) is 0 Å². The topological polar surface area (TPSA) is 152 Å². The molecule has 2 amide bonds. The molecule has 12 heteroatoms. The van der Waals surface area contributed by atoms with Crippen LogP contribution < -0.4 is 10.6 Å². The Balaban J connectivity index is 1.48. The largest absolute Gasteiger partial charge is 0.480 e. The van der Waals surface area contributed by atoms with Gasteiger partial charge in [-0.15, -0.1) is 0 Å². The Labute approximate surface area is 232 Å². The number of sulfone groups is 1. The van der Waals surface area contributed by atoms with E-state index in [1.54, 1.807) is 24.3 Å². The summed E-state index contributed by atoms with van der Waals surface area (Å²) in [4.78, 5) is 42.3. The molecule has 3 N–H and O–H groups in total. The number of carboxylic acid groups (broad SMARTS) is 1. The van der Waals surface area contributed by atoms with Gasteiger partial charge in [-0.25, -0.2) is 18.2 Å². The fourth-order valence-corrected chi connectivity index (χ4v) is 7.10. The van der Waals surface area contributed by atoms with Crippen molar-refractivity contribution in [1.82, 2.24) is 10.3 Å². The van der Waals surface area contributed by atoms with Crippen molar-refractivity contribution in [2.24, 2.45) is 11.8 Å². The lowest BCUT2D eigenvalue weighted by Crippen LogP contribution is -2.41. The van der Waals surface area contributed by atoms with Crippen LogP contribution in [-0.4, -0.2) is 60.8 Å². The highest BCUT2D eigenvalue weighted by Crippen LogP contribution is 2.35. The number of carbonyl (C=O) groups is 3. The molecule has 2 heterocycles. The van der Waals surface area contributed by atoms with E-state index in [1.165, 1.54) is 6.20 Å². The van der Waals surface area contributed by atoms with E-state index >= 15 is 0 Å². The van der Waals surface area contributed by atoms with Crippen LogP contribution in [0.15, 0.2) is 35.4 Å². The Morgan fingerprint density at radius 3 is 2.36 bits per heavy atom. The van der Waals surface area contributed by atoms with Crippen LogP contribution in [0.3, 0.4) is 0 Å². The molecule has 39 heavy (non-hydrogen) atoms. The fourth-order valence-electron chi connectivity index (χ4n) is 4.72. The highest BCUT2D eigenvalue weighted by molar-refractivity contribution is 7.92. The van der Waals surface area contributed by atoms with E-state index < -0.39 is 33.7 Å². The first-order valence-corrected chi connectivity index (χ1v) is 15.6. The molecule has 212 valence electrons.